The number of hydrogen-bond acceptors (Lipinski definition) is 13. The largest absolute Gasteiger partial charge is 0.394 e. The molecule has 0 aromatic carbocycles. The molecule has 1 amide bonds. The van der Waals surface area contributed by atoms with Crippen molar-refractivity contribution in [2.24, 2.45) is 0 Å². The molecule has 2 rings (SSSR count). The van der Waals surface area contributed by atoms with Crippen molar-refractivity contribution in [1.29, 1.82) is 0 Å². The van der Waals surface area contributed by atoms with Crippen LogP contribution in [-0.2, 0) is 23.7 Å². The van der Waals surface area contributed by atoms with Crippen molar-refractivity contribution in [2.75, 3.05) is 19.8 Å². The van der Waals surface area contributed by atoms with Gasteiger partial charge >= 0.3 is 0 Å². The van der Waals surface area contributed by atoms with Crippen LogP contribution in [0.1, 0.15) is 181 Å². The second kappa shape index (κ2) is 34.2. The van der Waals surface area contributed by atoms with E-state index in [1.54, 1.807) is 6.08 Å². The molecule has 354 valence electrons. The topological polar surface area (TPSA) is 228 Å². The van der Waals surface area contributed by atoms with Crippen LogP contribution in [-0.4, -0.2) is 140 Å². The van der Waals surface area contributed by atoms with Crippen LogP contribution in [0.4, 0.5) is 0 Å². The third kappa shape index (κ3) is 21.9. The predicted octanol–water partition coefficient (Wildman–Crippen LogP) is 5.21. The van der Waals surface area contributed by atoms with E-state index in [9.17, 15) is 45.6 Å². The van der Waals surface area contributed by atoms with Crippen LogP contribution in [0.15, 0.2) is 12.2 Å². The van der Waals surface area contributed by atoms with Gasteiger partial charge < -0.3 is 65.1 Å². The molecule has 0 radical (unpaired) electrons. The Morgan fingerprint density at radius 2 is 1.03 bits per heavy atom. The summed E-state index contributed by atoms with van der Waals surface area (Å²) in [5.74, 6) is -0.244. The number of aliphatic hydroxyl groups is 8. The fourth-order valence-corrected chi connectivity index (χ4v) is 8.00. The zero-order valence-electron chi connectivity index (χ0n) is 37.2. The summed E-state index contributed by atoms with van der Waals surface area (Å²) in [4.78, 5) is 13.0. The van der Waals surface area contributed by atoms with Crippen LogP contribution < -0.4 is 5.32 Å². The molecule has 0 spiro atoms. The Labute approximate surface area is 361 Å². The minimum atomic E-state index is -1.78. The van der Waals surface area contributed by atoms with Gasteiger partial charge in [-0.2, -0.15) is 0 Å². The van der Waals surface area contributed by atoms with E-state index in [2.05, 4.69) is 19.2 Å². The number of ether oxygens (including phenoxy) is 4. The molecule has 14 nitrogen and oxygen atoms in total. The van der Waals surface area contributed by atoms with Gasteiger partial charge in [0.05, 0.1) is 32.0 Å². The van der Waals surface area contributed by atoms with Gasteiger partial charge in [-0.1, -0.05) is 167 Å². The van der Waals surface area contributed by atoms with Gasteiger partial charge in [-0.25, -0.2) is 0 Å². The van der Waals surface area contributed by atoms with Gasteiger partial charge in [0.25, 0.3) is 0 Å². The first kappa shape index (κ1) is 54.9. The standard InChI is InChI=1S/C46H87NO13/c1-3-5-7-9-10-11-12-13-14-15-16-17-18-19-20-21-22-23-24-26-28-30-38(51)47-34(35(50)29-27-25-8-6-4-2)33-57-45-43(56)41(54)44(37(32-49)59-45)60-46-42(55)40(53)39(52)36(31-48)58-46/h27,29,34-37,39-46,48-50,52-56H,3-26,28,30-33H2,1-2H3,(H,47,51)/b29-27+. The molecule has 2 saturated heterocycles. The second-order valence-electron chi connectivity index (χ2n) is 17.2. The molecule has 12 atom stereocenters. The van der Waals surface area contributed by atoms with E-state index >= 15 is 0 Å². The quantitative estimate of drug-likeness (QED) is 0.0292. The molecular formula is C46H87NO13. The van der Waals surface area contributed by atoms with Crippen molar-refractivity contribution in [2.45, 2.75) is 254 Å². The smallest absolute Gasteiger partial charge is 0.220 e. The summed E-state index contributed by atoms with van der Waals surface area (Å²) in [7, 11) is 0. The zero-order chi connectivity index (χ0) is 44.0. The number of nitrogens with one attached hydrogen (secondary N) is 1. The number of carbonyl (C=O) groups excluding carboxylic acids is 1. The Morgan fingerprint density at radius 3 is 1.53 bits per heavy atom. The van der Waals surface area contributed by atoms with Crippen LogP contribution in [0.2, 0.25) is 0 Å². The predicted molar refractivity (Wildman–Crippen MR) is 231 cm³/mol. The van der Waals surface area contributed by atoms with E-state index in [0.29, 0.717) is 6.42 Å². The van der Waals surface area contributed by atoms with E-state index in [4.69, 9.17) is 18.9 Å². The zero-order valence-corrected chi connectivity index (χ0v) is 37.2. The number of amides is 1. The molecule has 14 heteroatoms. The monoisotopic (exact) mass is 862 g/mol. The molecule has 0 aromatic rings. The Morgan fingerprint density at radius 1 is 0.583 bits per heavy atom. The fraction of sp³-hybridized carbons (Fsp3) is 0.935. The first-order chi connectivity index (χ1) is 29.1. The van der Waals surface area contributed by atoms with Crippen LogP contribution in [0, 0.1) is 0 Å². The summed E-state index contributed by atoms with van der Waals surface area (Å²) >= 11 is 0. The summed E-state index contributed by atoms with van der Waals surface area (Å²) in [6.45, 7) is 2.66. The van der Waals surface area contributed by atoms with Crippen molar-refractivity contribution >= 4 is 5.91 Å². The summed E-state index contributed by atoms with van der Waals surface area (Å²) in [6.07, 6.45) is 17.6. The van der Waals surface area contributed by atoms with Gasteiger partial charge in [-0.3, -0.25) is 4.79 Å². The Kier molecular flexibility index (Phi) is 31.3. The normalized spacial score (nSPS) is 28.3. The maximum absolute atomic E-state index is 13.0. The van der Waals surface area contributed by atoms with Gasteiger partial charge in [0, 0.05) is 6.42 Å². The maximum atomic E-state index is 13.0. The summed E-state index contributed by atoms with van der Waals surface area (Å²) in [5, 5.41) is 86.0. The van der Waals surface area contributed by atoms with Crippen LogP contribution in [0.25, 0.3) is 0 Å². The minimum Gasteiger partial charge on any atom is -0.394 e. The van der Waals surface area contributed by atoms with Crippen LogP contribution >= 0.6 is 0 Å². The van der Waals surface area contributed by atoms with E-state index in [-0.39, 0.29) is 18.9 Å². The average molecular weight is 862 g/mol. The lowest BCUT2D eigenvalue weighted by Crippen LogP contribution is -2.65. The number of hydrogen-bond donors (Lipinski definition) is 9. The number of unbranched alkanes of at least 4 members (excludes halogenated alkanes) is 23. The first-order valence-corrected chi connectivity index (χ1v) is 23.9. The highest BCUT2D eigenvalue weighted by Crippen LogP contribution is 2.30. The lowest BCUT2D eigenvalue weighted by molar-refractivity contribution is -0.359. The Balaban J connectivity index is 1.71. The summed E-state index contributed by atoms with van der Waals surface area (Å²) in [6, 6.07) is -0.904. The molecule has 2 aliphatic heterocycles. The molecule has 12 unspecified atom stereocenters. The molecule has 2 heterocycles. The average Bonchev–Trinajstić information content (AvgIpc) is 3.24. The summed E-state index contributed by atoms with van der Waals surface area (Å²) < 4.78 is 22.5. The van der Waals surface area contributed by atoms with Crippen molar-refractivity contribution in [1.82, 2.24) is 5.32 Å². The van der Waals surface area contributed by atoms with Gasteiger partial charge in [0.15, 0.2) is 12.6 Å². The summed E-state index contributed by atoms with van der Waals surface area (Å²) in [5.41, 5.74) is 0. The van der Waals surface area contributed by atoms with Crippen LogP contribution in [0.5, 0.6) is 0 Å². The third-order valence-electron chi connectivity index (χ3n) is 12.0. The van der Waals surface area contributed by atoms with Gasteiger partial charge in [0.1, 0.15) is 48.8 Å². The number of allylic oxidation sites excluding steroid dienone is 1. The van der Waals surface area contributed by atoms with E-state index in [1.165, 1.54) is 109 Å². The molecular weight excluding hydrogens is 774 g/mol. The van der Waals surface area contributed by atoms with Gasteiger partial charge in [-0.15, -0.1) is 0 Å². The Hall–Kier alpha value is -1.27. The van der Waals surface area contributed by atoms with Crippen molar-refractivity contribution in [3.05, 3.63) is 12.2 Å². The first-order valence-electron chi connectivity index (χ1n) is 23.9. The van der Waals surface area contributed by atoms with E-state index in [1.807, 2.05) is 6.08 Å². The van der Waals surface area contributed by atoms with Crippen molar-refractivity contribution < 1.29 is 64.6 Å². The minimum absolute atomic E-state index is 0.244. The third-order valence-corrected chi connectivity index (χ3v) is 12.0. The maximum Gasteiger partial charge on any atom is 0.220 e. The number of carbonyl (C=O) groups is 1. The molecule has 2 fully saturated rings. The molecule has 9 N–H and O–H groups in total. The molecule has 60 heavy (non-hydrogen) atoms. The fourth-order valence-electron chi connectivity index (χ4n) is 8.00. The second-order valence-corrected chi connectivity index (χ2v) is 17.2. The van der Waals surface area contributed by atoms with Gasteiger partial charge in [-0.05, 0) is 19.3 Å². The van der Waals surface area contributed by atoms with Gasteiger partial charge in [0.2, 0.25) is 5.91 Å². The molecule has 0 aliphatic carbocycles. The molecule has 0 aromatic heterocycles. The number of aliphatic hydroxyl groups excluding tert-OH is 8. The SMILES string of the molecule is CCCCC/C=C/C(O)C(COC1OC(CO)C(OC2OC(CO)C(O)C(O)C2O)C(O)C1O)NC(=O)CCCCCCCCCCCCCCCCCCCCCCC. The lowest BCUT2D eigenvalue weighted by atomic mass is 9.97. The van der Waals surface area contributed by atoms with Crippen molar-refractivity contribution in [3.8, 4) is 0 Å². The number of rotatable bonds is 36. The highest BCUT2D eigenvalue weighted by atomic mass is 16.7. The Bertz CT molecular complexity index is 1070. The van der Waals surface area contributed by atoms with E-state index < -0.39 is 86.8 Å². The molecule has 0 bridgehead atoms. The van der Waals surface area contributed by atoms with Crippen LogP contribution in [0.3, 0.4) is 0 Å². The molecule has 2 aliphatic rings. The highest BCUT2D eigenvalue weighted by molar-refractivity contribution is 5.76. The lowest BCUT2D eigenvalue weighted by Gasteiger charge is -2.46. The van der Waals surface area contributed by atoms with Crippen molar-refractivity contribution in [3.63, 3.8) is 0 Å². The van der Waals surface area contributed by atoms with E-state index in [0.717, 1.165) is 44.9 Å². The highest BCUT2D eigenvalue weighted by Gasteiger charge is 2.51. The molecule has 0 saturated carbocycles.